The van der Waals surface area contributed by atoms with Crippen molar-refractivity contribution in [3.63, 3.8) is 0 Å². The minimum atomic E-state index is -0.129. The van der Waals surface area contributed by atoms with Gasteiger partial charge in [-0.3, -0.25) is 9.78 Å². The molecule has 1 saturated heterocycles. The van der Waals surface area contributed by atoms with Crippen LogP contribution in [0.5, 0.6) is 0 Å². The SMILES string of the molecule is CCc1noc(C)c1C(=O)N[C@H]1COC[C@H]1Cc1ccncc1. The van der Waals surface area contributed by atoms with Gasteiger partial charge in [-0.15, -0.1) is 0 Å². The maximum atomic E-state index is 12.6. The molecule has 0 bridgehead atoms. The van der Waals surface area contributed by atoms with E-state index in [1.807, 2.05) is 19.1 Å². The fourth-order valence-electron chi connectivity index (χ4n) is 2.97. The van der Waals surface area contributed by atoms with Crippen molar-refractivity contribution in [1.29, 1.82) is 0 Å². The average molecular weight is 315 g/mol. The lowest BCUT2D eigenvalue weighted by molar-refractivity contribution is 0.0922. The van der Waals surface area contributed by atoms with Crippen molar-refractivity contribution >= 4 is 5.91 Å². The largest absolute Gasteiger partial charge is 0.379 e. The molecule has 3 rings (SSSR count). The van der Waals surface area contributed by atoms with E-state index in [-0.39, 0.29) is 17.9 Å². The zero-order chi connectivity index (χ0) is 16.2. The first-order chi connectivity index (χ1) is 11.2. The van der Waals surface area contributed by atoms with E-state index in [0.717, 1.165) is 6.42 Å². The van der Waals surface area contributed by atoms with Crippen LogP contribution >= 0.6 is 0 Å². The number of rotatable bonds is 5. The van der Waals surface area contributed by atoms with Crippen LogP contribution in [0.3, 0.4) is 0 Å². The molecule has 6 nitrogen and oxygen atoms in total. The molecule has 2 aromatic rings. The zero-order valence-corrected chi connectivity index (χ0v) is 13.4. The summed E-state index contributed by atoms with van der Waals surface area (Å²) in [7, 11) is 0. The van der Waals surface area contributed by atoms with Crippen molar-refractivity contribution in [2.24, 2.45) is 5.92 Å². The lowest BCUT2D eigenvalue weighted by atomic mass is 9.95. The molecule has 2 aromatic heterocycles. The molecule has 1 amide bonds. The first-order valence-corrected chi connectivity index (χ1v) is 7.91. The predicted octanol–water partition coefficient (Wildman–Crippen LogP) is 1.93. The minimum Gasteiger partial charge on any atom is -0.379 e. The molecule has 2 atom stereocenters. The average Bonchev–Trinajstić information content (AvgIpc) is 3.14. The van der Waals surface area contributed by atoms with Gasteiger partial charge < -0.3 is 14.6 Å². The molecule has 1 fully saturated rings. The highest BCUT2D eigenvalue weighted by atomic mass is 16.5. The van der Waals surface area contributed by atoms with Crippen LogP contribution in [0.2, 0.25) is 0 Å². The molecular weight excluding hydrogens is 294 g/mol. The van der Waals surface area contributed by atoms with Gasteiger partial charge in [-0.05, 0) is 37.5 Å². The van der Waals surface area contributed by atoms with E-state index in [0.29, 0.717) is 36.7 Å². The first-order valence-electron chi connectivity index (χ1n) is 7.91. The van der Waals surface area contributed by atoms with E-state index in [2.05, 4.69) is 15.5 Å². The molecule has 1 aliphatic rings. The highest BCUT2D eigenvalue weighted by Crippen LogP contribution is 2.21. The lowest BCUT2D eigenvalue weighted by Crippen LogP contribution is -2.41. The molecule has 0 unspecified atom stereocenters. The summed E-state index contributed by atoms with van der Waals surface area (Å²) in [6.07, 6.45) is 5.10. The van der Waals surface area contributed by atoms with Gasteiger partial charge in [0, 0.05) is 18.3 Å². The third kappa shape index (κ3) is 3.42. The van der Waals surface area contributed by atoms with Gasteiger partial charge in [0.25, 0.3) is 5.91 Å². The molecule has 122 valence electrons. The van der Waals surface area contributed by atoms with Gasteiger partial charge in [0.15, 0.2) is 0 Å². The second kappa shape index (κ2) is 6.91. The normalized spacial score (nSPS) is 20.6. The summed E-state index contributed by atoms with van der Waals surface area (Å²) in [5, 5.41) is 7.03. The monoisotopic (exact) mass is 315 g/mol. The molecule has 6 heteroatoms. The zero-order valence-electron chi connectivity index (χ0n) is 13.4. The molecule has 1 N–H and O–H groups in total. The van der Waals surface area contributed by atoms with Gasteiger partial charge in [-0.1, -0.05) is 12.1 Å². The van der Waals surface area contributed by atoms with E-state index >= 15 is 0 Å². The highest BCUT2D eigenvalue weighted by molar-refractivity contribution is 5.96. The maximum Gasteiger partial charge on any atom is 0.257 e. The topological polar surface area (TPSA) is 77.2 Å². The van der Waals surface area contributed by atoms with Crippen molar-refractivity contribution in [1.82, 2.24) is 15.5 Å². The Morgan fingerprint density at radius 1 is 1.35 bits per heavy atom. The summed E-state index contributed by atoms with van der Waals surface area (Å²) in [6, 6.07) is 3.99. The Morgan fingerprint density at radius 3 is 2.87 bits per heavy atom. The lowest BCUT2D eigenvalue weighted by Gasteiger charge is -2.19. The van der Waals surface area contributed by atoms with Gasteiger partial charge in [-0.25, -0.2) is 0 Å². The minimum absolute atomic E-state index is 0.00493. The Labute approximate surface area is 135 Å². The number of aromatic nitrogens is 2. The van der Waals surface area contributed by atoms with Gasteiger partial charge in [0.05, 0.1) is 24.9 Å². The molecule has 23 heavy (non-hydrogen) atoms. The summed E-state index contributed by atoms with van der Waals surface area (Å²) in [5.41, 5.74) is 2.46. The smallest absolute Gasteiger partial charge is 0.257 e. The third-order valence-corrected chi connectivity index (χ3v) is 4.26. The molecule has 0 spiro atoms. The Hall–Kier alpha value is -2.21. The van der Waals surface area contributed by atoms with Crippen LogP contribution in [-0.2, 0) is 17.6 Å². The molecular formula is C17H21N3O3. The number of carbonyl (C=O) groups excluding carboxylic acids is 1. The van der Waals surface area contributed by atoms with Crippen molar-refractivity contribution in [3.8, 4) is 0 Å². The number of carbonyl (C=O) groups is 1. The third-order valence-electron chi connectivity index (χ3n) is 4.26. The molecule has 0 aromatic carbocycles. The van der Waals surface area contributed by atoms with Gasteiger partial charge in [0.2, 0.25) is 0 Å². The highest BCUT2D eigenvalue weighted by Gasteiger charge is 2.31. The Balaban J connectivity index is 1.69. The van der Waals surface area contributed by atoms with E-state index < -0.39 is 0 Å². The number of aryl methyl sites for hydroxylation is 2. The summed E-state index contributed by atoms with van der Waals surface area (Å²) < 4.78 is 10.7. The number of hydrogen-bond acceptors (Lipinski definition) is 5. The number of nitrogens with zero attached hydrogens (tertiary/aromatic N) is 2. The fraction of sp³-hybridized carbons (Fsp3) is 0.471. The second-order valence-corrected chi connectivity index (χ2v) is 5.85. The first kappa shape index (κ1) is 15.7. The number of ether oxygens (including phenoxy) is 1. The van der Waals surface area contributed by atoms with Crippen molar-refractivity contribution in [2.45, 2.75) is 32.7 Å². The van der Waals surface area contributed by atoms with Crippen LogP contribution in [0.1, 0.15) is 34.3 Å². The molecule has 0 saturated carbocycles. The summed E-state index contributed by atoms with van der Waals surface area (Å²) in [4.78, 5) is 16.6. The maximum absolute atomic E-state index is 12.6. The van der Waals surface area contributed by atoms with Crippen LogP contribution in [0, 0.1) is 12.8 Å². The van der Waals surface area contributed by atoms with E-state index in [1.165, 1.54) is 5.56 Å². The molecule has 0 aliphatic carbocycles. The standard InChI is InChI=1S/C17H21N3O3/c1-3-14-16(11(2)23-20-14)17(21)19-15-10-22-9-13(15)8-12-4-6-18-7-5-12/h4-7,13,15H,3,8-10H2,1-2H3,(H,19,21)/t13-,15+/m1/s1. The van der Waals surface area contributed by atoms with Crippen LogP contribution in [-0.4, -0.2) is 35.3 Å². The molecule has 3 heterocycles. The van der Waals surface area contributed by atoms with E-state index in [9.17, 15) is 4.79 Å². The predicted molar refractivity (Wildman–Crippen MR) is 84.1 cm³/mol. The fourth-order valence-corrected chi connectivity index (χ4v) is 2.97. The van der Waals surface area contributed by atoms with Crippen molar-refractivity contribution in [3.05, 3.63) is 47.1 Å². The Kier molecular flexibility index (Phi) is 4.71. The number of pyridine rings is 1. The molecule has 1 aliphatic heterocycles. The van der Waals surface area contributed by atoms with Crippen LogP contribution in [0.4, 0.5) is 0 Å². The van der Waals surface area contributed by atoms with Gasteiger partial charge in [0.1, 0.15) is 11.3 Å². The number of nitrogens with one attached hydrogen (secondary N) is 1. The van der Waals surface area contributed by atoms with Gasteiger partial charge in [-0.2, -0.15) is 0 Å². The Morgan fingerprint density at radius 2 is 2.13 bits per heavy atom. The van der Waals surface area contributed by atoms with Crippen LogP contribution in [0.15, 0.2) is 29.0 Å². The van der Waals surface area contributed by atoms with E-state index in [1.54, 1.807) is 19.3 Å². The van der Waals surface area contributed by atoms with Crippen molar-refractivity contribution < 1.29 is 14.1 Å². The quantitative estimate of drug-likeness (QED) is 0.912. The second-order valence-electron chi connectivity index (χ2n) is 5.85. The molecule has 0 radical (unpaired) electrons. The Bertz CT molecular complexity index is 669. The summed E-state index contributed by atoms with van der Waals surface area (Å²) in [5.74, 6) is 0.686. The van der Waals surface area contributed by atoms with E-state index in [4.69, 9.17) is 9.26 Å². The van der Waals surface area contributed by atoms with Crippen LogP contribution in [0.25, 0.3) is 0 Å². The number of amides is 1. The van der Waals surface area contributed by atoms with Gasteiger partial charge >= 0.3 is 0 Å². The summed E-state index contributed by atoms with van der Waals surface area (Å²) in [6.45, 7) is 4.91. The summed E-state index contributed by atoms with van der Waals surface area (Å²) >= 11 is 0. The van der Waals surface area contributed by atoms with Crippen LogP contribution < -0.4 is 5.32 Å². The van der Waals surface area contributed by atoms with Crippen molar-refractivity contribution in [2.75, 3.05) is 13.2 Å². The number of hydrogen-bond donors (Lipinski definition) is 1.